The van der Waals surface area contributed by atoms with Gasteiger partial charge >= 0.3 is 0 Å². The molecule has 1 heterocycles. The van der Waals surface area contributed by atoms with Crippen molar-refractivity contribution in [2.45, 2.75) is 78.3 Å². The number of amides is 2. The maximum atomic E-state index is 14.2. The van der Waals surface area contributed by atoms with Gasteiger partial charge in [-0.1, -0.05) is 44.1 Å². The molecular weight excluding hydrogens is 582 g/mol. The van der Waals surface area contributed by atoms with E-state index in [2.05, 4.69) is 47.5 Å². The van der Waals surface area contributed by atoms with Crippen LogP contribution in [-0.2, 0) is 16.2 Å². The Balaban J connectivity index is 1.46. The van der Waals surface area contributed by atoms with Crippen molar-refractivity contribution in [2.24, 2.45) is 34.2 Å². The van der Waals surface area contributed by atoms with Crippen LogP contribution >= 0.6 is 0 Å². The molecule has 3 aliphatic carbocycles. The molecule has 11 heteroatoms. The van der Waals surface area contributed by atoms with Crippen LogP contribution in [0.15, 0.2) is 41.5 Å². The number of hydroxylamine groups is 2. The lowest BCUT2D eigenvalue weighted by Gasteiger charge is -2.62. The van der Waals surface area contributed by atoms with E-state index >= 15 is 0 Å². The standard InChI is InChI=1S/C35H49N7O4/c1-19-22(10-9-11-27(19)23-12-24(33(44)37-6)14-26(13-23)41(7)8)18-42-32(31(21(3)43)30(46-42)17-38-40-36)34(45)39-29-16-25-15-28(20(29)2)35(25,4)5/h9-14,20-21,25,28-32,43H,15-18H2,1-8H3,(H,37,44)(H,39,45)/t20-,21-,25-,28+,29-,30-,31+,32-/m0/s1. The highest BCUT2D eigenvalue weighted by Gasteiger charge is 2.57. The van der Waals surface area contributed by atoms with Gasteiger partial charge in [-0.05, 0) is 95.8 Å². The Hall–Kier alpha value is -3.63. The Morgan fingerprint density at radius 3 is 2.59 bits per heavy atom. The van der Waals surface area contributed by atoms with Crippen LogP contribution < -0.4 is 15.5 Å². The van der Waals surface area contributed by atoms with Crippen molar-refractivity contribution in [3.05, 3.63) is 63.5 Å². The predicted molar refractivity (Wildman–Crippen MR) is 179 cm³/mol. The summed E-state index contributed by atoms with van der Waals surface area (Å²) in [6, 6.07) is 11.1. The van der Waals surface area contributed by atoms with Crippen molar-refractivity contribution >= 4 is 17.5 Å². The van der Waals surface area contributed by atoms with Crippen LogP contribution in [0.3, 0.4) is 0 Å². The number of aliphatic hydroxyl groups excluding tert-OH is 1. The van der Waals surface area contributed by atoms with Crippen LogP contribution in [0.4, 0.5) is 5.69 Å². The van der Waals surface area contributed by atoms with Crippen LogP contribution in [0.25, 0.3) is 21.6 Å². The average Bonchev–Trinajstić information content (AvgIpc) is 3.39. The van der Waals surface area contributed by atoms with Gasteiger partial charge in [0.2, 0.25) is 5.91 Å². The molecular formula is C35H49N7O4. The number of fused-ring (bicyclic) bond motifs is 2. The zero-order valence-electron chi connectivity index (χ0n) is 28.3. The lowest BCUT2D eigenvalue weighted by atomic mass is 9.45. The molecule has 11 nitrogen and oxygen atoms in total. The Bertz CT molecular complexity index is 1520. The Labute approximate surface area is 272 Å². The van der Waals surface area contributed by atoms with Crippen LogP contribution in [0.2, 0.25) is 0 Å². The number of hydrogen-bond donors (Lipinski definition) is 3. The SMILES string of the molecule is CNC(=O)c1cc(-c2cccc(CN3O[C@@H](CN=[N+]=[N-])[C@@H]([C@H](C)O)[C@H]3C(=O)N[C@H]3C[C@@H]4C[C@H]([C@@H]3C)C4(C)C)c2C)cc(N(C)C)c1. The molecule has 4 fully saturated rings. The summed E-state index contributed by atoms with van der Waals surface area (Å²) in [4.78, 5) is 38.1. The predicted octanol–water partition coefficient (Wildman–Crippen LogP) is 5.07. The van der Waals surface area contributed by atoms with Gasteiger partial charge in [0.05, 0.1) is 25.3 Å². The molecule has 3 N–H and O–H groups in total. The normalized spacial score (nSPS) is 28.8. The van der Waals surface area contributed by atoms with Crippen molar-refractivity contribution in [1.82, 2.24) is 15.7 Å². The smallest absolute Gasteiger partial charge is 0.251 e. The summed E-state index contributed by atoms with van der Waals surface area (Å²) in [6.45, 7) is 10.9. The lowest BCUT2D eigenvalue weighted by Crippen LogP contribution is -2.62. The highest BCUT2D eigenvalue weighted by atomic mass is 16.7. The van der Waals surface area contributed by atoms with Gasteiger partial charge < -0.3 is 20.6 Å². The molecule has 0 radical (unpaired) electrons. The van der Waals surface area contributed by atoms with Gasteiger partial charge in [0.1, 0.15) is 6.04 Å². The molecule has 2 aromatic carbocycles. The zero-order valence-corrected chi connectivity index (χ0v) is 28.3. The van der Waals surface area contributed by atoms with Gasteiger partial charge in [0.15, 0.2) is 0 Å². The van der Waals surface area contributed by atoms with E-state index in [9.17, 15) is 14.7 Å². The largest absolute Gasteiger partial charge is 0.393 e. The third kappa shape index (κ3) is 6.21. The van der Waals surface area contributed by atoms with E-state index < -0.39 is 24.2 Å². The fourth-order valence-corrected chi connectivity index (χ4v) is 8.24. The first-order valence-corrected chi connectivity index (χ1v) is 16.3. The Morgan fingerprint density at radius 2 is 1.98 bits per heavy atom. The van der Waals surface area contributed by atoms with Crippen molar-refractivity contribution in [1.29, 1.82) is 0 Å². The van der Waals surface area contributed by atoms with Crippen LogP contribution in [0.5, 0.6) is 0 Å². The summed E-state index contributed by atoms with van der Waals surface area (Å²) in [5, 5.41) is 22.5. The molecule has 0 aromatic heterocycles. The maximum Gasteiger partial charge on any atom is 0.251 e. The van der Waals surface area contributed by atoms with E-state index in [0.717, 1.165) is 34.4 Å². The second-order valence-corrected chi connectivity index (χ2v) is 14.3. The van der Waals surface area contributed by atoms with E-state index in [-0.39, 0.29) is 30.9 Å². The highest BCUT2D eigenvalue weighted by Crippen LogP contribution is 2.61. The summed E-state index contributed by atoms with van der Waals surface area (Å²) in [7, 11) is 5.50. The molecule has 1 saturated heterocycles. The van der Waals surface area contributed by atoms with Gasteiger partial charge in [-0.2, -0.15) is 5.06 Å². The topological polar surface area (TPSA) is 143 Å². The van der Waals surface area contributed by atoms with Crippen molar-refractivity contribution in [3.63, 3.8) is 0 Å². The third-order valence-electron chi connectivity index (χ3n) is 11.2. The van der Waals surface area contributed by atoms with Gasteiger partial charge in [0, 0.05) is 49.3 Å². The minimum Gasteiger partial charge on any atom is -0.393 e. The van der Waals surface area contributed by atoms with E-state index in [1.54, 1.807) is 19.0 Å². The number of aliphatic hydroxyl groups is 1. The van der Waals surface area contributed by atoms with Crippen molar-refractivity contribution < 1.29 is 19.5 Å². The molecule has 2 amide bonds. The van der Waals surface area contributed by atoms with Gasteiger partial charge in [-0.25, -0.2) is 0 Å². The first kappa shape index (κ1) is 33.7. The molecule has 3 saturated carbocycles. The molecule has 8 atom stereocenters. The van der Waals surface area contributed by atoms with E-state index in [1.165, 1.54) is 6.42 Å². The number of benzene rings is 2. The fourth-order valence-electron chi connectivity index (χ4n) is 8.24. The van der Waals surface area contributed by atoms with Crippen LogP contribution in [0, 0.1) is 36.0 Å². The molecule has 248 valence electrons. The molecule has 0 unspecified atom stereocenters. The molecule has 6 rings (SSSR count). The number of azide groups is 1. The number of nitrogens with zero attached hydrogens (tertiary/aromatic N) is 5. The number of carbonyl (C=O) groups is 2. The fraction of sp³-hybridized carbons (Fsp3) is 0.600. The van der Waals surface area contributed by atoms with Crippen LogP contribution in [0.1, 0.15) is 62.0 Å². The number of carbonyl (C=O) groups excluding carboxylic acids is 2. The van der Waals surface area contributed by atoms with Crippen molar-refractivity contribution in [3.8, 4) is 11.1 Å². The average molecular weight is 632 g/mol. The quantitative estimate of drug-likeness (QED) is 0.190. The van der Waals surface area contributed by atoms with E-state index in [4.69, 9.17) is 10.4 Å². The molecule has 2 aromatic rings. The summed E-state index contributed by atoms with van der Waals surface area (Å²) in [6.07, 6.45) is 0.621. The second-order valence-electron chi connectivity index (χ2n) is 14.3. The molecule has 4 aliphatic rings. The maximum absolute atomic E-state index is 14.2. The summed E-state index contributed by atoms with van der Waals surface area (Å²) in [5.74, 6) is 0.569. The summed E-state index contributed by atoms with van der Waals surface area (Å²) < 4.78 is 0. The minimum absolute atomic E-state index is 0.00311. The third-order valence-corrected chi connectivity index (χ3v) is 11.2. The highest BCUT2D eigenvalue weighted by molar-refractivity contribution is 5.96. The van der Waals surface area contributed by atoms with Gasteiger partial charge in [-0.3, -0.25) is 14.4 Å². The Kier molecular flexibility index (Phi) is 9.70. The van der Waals surface area contributed by atoms with E-state index in [1.807, 2.05) is 56.3 Å². The van der Waals surface area contributed by atoms with Crippen molar-refractivity contribution in [2.75, 3.05) is 32.6 Å². The second kappa shape index (κ2) is 13.2. The van der Waals surface area contributed by atoms with E-state index in [0.29, 0.717) is 28.7 Å². The first-order chi connectivity index (χ1) is 21.8. The summed E-state index contributed by atoms with van der Waals surface area (Å²) in [5.41, 5.74) is 14.6. The number of rotatable bonds is 10. The molecule has 46 heavy (non-hydrogen) atoms. The molecule has 0 spiro atoms. The minimum atomic E-state index is -0.875. The molecule has 1 aliphatic heterocycles. The monoisotopic (exact) mass is 631 g/mol. The Morgan fingerprint density at radius 1 is 1.24 bits per heavy atom. The lowest BCUT2D eigenvalue weighted by molar-refractivity contribution is -0.175. The van der Waals surface area contributed by atoms with Gasteiger partial charge in [0.25, 0.3) is 5.91 Å². The number of nitrogens with one attached hydrogen (secondary N) is 2. The summed E-state index contributed by atoms with van der Waals surface area (Å²) >= 11 is 0. The van der Waals surface area contributed by atoms with Crippen LogP contribution in [-0.4, -0.2) is 74.0 Å². The zero-order chi connectivity index (χ0) is 33.5. The van der Waals surface area contributed by atoms with Gasteiger partial charge in [-0.15, -0.1) is 0 Å². The number of anilines is 1. The molecule has 2 bridgehead atoms. The number of hydrogen-bond acceptors (Lipinski definition) is 7. The first-order valence-electron chi connectivity index (χ1n) is 16.3.